The van der Waals surface area contributed by atoms with E-state index in [0.717, 1.165) is 16.3 Å². The Morgan fingerprint density at radius 1 is 1.22 bits per heavy atom. The van der Waals surface area contributed by atoms with Crippen molar-refractivity contribution in [3.63, 3.8) is 0 Å². The summed E-state index contributed by atoms with van der Waals surface area (Å²) in [4.78, 5) is 38.5. The molecule has 1 saturated heterocycles. The summed E-state index contributed by atoms with van der Waals surface area (Å²) >= 11 is 1.51. The van der Waals surface area contributed by atoms with E-state index in [1.165, 1.54) is 11.3 Å². The standard InChI is InChI=1S/C17H18N2O3S/c1-8(2)12-6-11(7-23-12)15(20)18-19-16(21)13-9-3-4-10(5-9)14(13)17(19)22/h3-4,6-10,13-14H,5H2,1-2H3,(H,18,20)/t9-,10+,13-,14+. The molecule has 0 spiro atoms. The van der Waals surface area contributed by atoms with E-state index in [9.17, 15) is 14.4 Å². The first-order valence-electron chi connectivity index (χ1n) is 7.93. The Hall–Kier alpha value is -1.95. The van der Waals surface area contributed by atoms with Crippen LogP contribution in [0.2, 0.25) is 0 Å². The number of nitrogens with one attached hydrogen (secondary N) is 1. The van der Waals surface area contributed by atoms with Crippen molar-refractivity contribution in [2.45, 2.75) is 26.2 Å². The summed E-state index contributed by atoms with van der Waals surface area (Å²) < 4.78 is 0. The Bertz CT molecular complexity index is 706. The summed E-state index contributed by atoms with van der Waals surface area (Å²) in [6.07, 6.45) is 4.96. The molecule has 3 aliphatic rings. The van der Waals surface area contributed by atoms with Crippen LogP contribution >= 0.6 is 11.3 Å². The van der Waals surface area contributed by atoms with Crippen LogP contribution in [0.1, 0.15) is 41.4 Å². The van der Waals surface area contributed by atoms with E-state index in [1.54, 1.807) is 5.38 Å². The zero-order valence-electron chi connectivity index (χ0n) is 13.0. The largest absolute Gasteiger partial charge is 0.272 e. The van der Waals surface area contributed by atoms with Crippen LogP contribution in [0, 0.1) is 23.7 Å². The molecule has 23 heavy (non-hydrogen) atoms. The van der Waals surface area contributed by atoms with Gasteiger partial charge in [-0.15, -0.1) is 11.3 Å². The highest BCUT2D eigenvalue weighted by atomic mass is 32.1. The fourth-order valence-corrected chi connectivity index (χ4v) is 4.86. The van der Waals surface area contributed by atoms with E-state index in [-0.39, 0.29) is 35.5 Å². The maximum absolute atomic E-state index is 12.5. The zero-order chi connectivity index (χ0) is 16.3. The highest BCUT2D eigenvalue weighted by Crippen LogP contribution is 2.52. The minimum atomic E-state index is -0.393. The maximum atomic E-state index is 12.5. The summed E-state index contributed by atoms with van der Waals surface area (Å²) in [6, 6.07) is 1.82. The topological polar surface area (TPSA) is 66.5 Å². The van der Waals surface area contributed by atoms with Crippen LogP contribution in [0.25, 0.3) is 0 Å². The molecule has 0 unspecified atom stereocenters. The third kappa shape index (κ3) is 2.08. The van der Waals surface area contributed by atoms with Crippen LogP contribution in [0.15, 0.2) is 23.6 Å². The molecule has 0 radical (unpaired) electrons. The molecule has 2 aliphatic carbocycles. The molecule has 1 aromatic rings. The van der Waals surface area contributed by atoms with Gasteiger partial charge in [-0.25, -0.2) is 0 Å². The lowest BCUT2D eigenvalue weighted by Crippen LogP contribution is -2.47. The smallest absolute Gasteiger partial charge is 0.271 e. The first-order valence-corrected chi connectivity index (χ1v) is 8.81. The van der Waals surface area contributed by atoms with Crippen molar-refractivity contribution in [2.24, 2.45) is 23.7 Å². The quantitative estimate of drug-likeness (QED) is 0.683. The minimum Gasteiger partial charge on any atom is -0.272 e. The predicted octanol–water partition coefficient (Wildman–Crippen LogP) is 2.32. The number of nitrogens with zero attached hydrogens (tertiary/aromatic N) is 1. The number of imide groups is 1. The number of hydrogen-bond donors (Lipinski definition) is 1. The summed E-state index contributed by atoms with van der Waals surface area (Å²) in [5.41, 5.74) is 3.02. The molecule has 1 aliphatic heterocycles. The van der Waals surface area contributed by atoms with Crippen molar-refractivity contribution in [2.75, 3.05) is 0 Å². The SMILES string of the molecule is CC(C)c1cc(C(=O)NN2C(=O)[C@@H]3[C@H](C2=O)[C@@H]2C=C[C@H]3C2)cs1. The second kappa shape index (κ2) is 5.03. The summed E-state index contributed by atoms with van der Waals surface area (Å²) in [5, 5.41) is 2.72. The van der Waals surface area contributed by atoms with Gasteiger partial charge in [-0.05, 0) is 30.2 Å². The van der Waals surface area contributed by atoms with Crippen LogP contribution < -0.4 is 5.43 Å². The van der Waals surface area contributed by atoms with Gasteiger partial charge >= 0.3 is 0 Å². The third-order valence-electron chi connectivity index (χ3n) is 5.13. The fraction of sp³-hybridized carbons (Fsp3) is 0.471. The molecule has 1 aromatic heterocycles. The molecule has 4 rings (SSSR count). The fourth-order valence-electron chi connectivity index (χ4n) is 3.95. The zero-order valence-corrected chi connectivity index (χ0v) is 13.8. The average Bonchev–Trinajstić information content (AvgIpc) is 3.26. The van der Waals surface area contributed by atoms with Crippen molar-refractivity contribution in [3.8, 4) is 0 Å². The Balaban J connectivity index is 1.52. The van der Waals surface area contributed by atoms with Gasteiger partial charge in [0.25, 0.3) is 17.7 Å². The number of allylic oxidation sites excluding steroid dienone is 2. The predicted molar refractivity (Wildman–Crippen MR) is 85.4 cm³/mol. The van der Waals surface area contributed by atoms with Gasteiger partial charge in [-0.1, -0.05) is 26.0 Å². The molecule has 0 aromatic carbocycles. The number of carbonyl (C=O) groups is 3. The number of amides is 3. The van der Waals surface area contributed by atoms with E-state index < -0.39 is 5.91 Å². The van der Waals surface area contributed by atoms with E-state index in [2.05, 4.69) is 19.3 Å². The highest BCUT2D eigenvalue weighted by molar-refractivity contribution is 7.10. The van der Waals surface area contributed by atoms with Crippen molar-refractivity contribution < 1.29 is 14.4 Å². The maximum Gasteiger partial charge on any atom is 0.271 e. The van der Waals surface area contributed by atoms with E-state index in [4.69, 9.17) is 0 Å². The van der Waals surface area contributed by atoms with Crippen LogP contribution in [0.5, 0.6) is 0 Å². The molecular weight excluding hydrogens is 312 g/mol. The normalized spacial score (nSPS) is 31.3. The van der Waals surface area contributed by atoms with E-state index >= 15 is 0 Å². The van der Waals surface area contributed by atoms with Gasteiger partial charge in [0.15, 0.2) is 0 Å². The lowest BCUT2D eigenvalue weighted by Gasteiger charge is -2.17. The molecule has 3 amide bonds. The van der Waals surface area contributed by atoms with Gasteiger partial charge in [0.05, 0.1) is 17.4 Å². The molecule has 4 atom stereocenters. The van der Waals surface area contributed by atoms with Crippen molar-refractivity contribution in [1.29, 1.82) is 0 Å². The molecule has 1 saturated carbocycles. The molecule has 2 fully saturated rings. The summed E-state index contributed by atoms with van der Waals surface area (Å²) in [7, 11) is 0. The highest BCUT2D eigenvalue weighted by Gasteiger charge is 2.59. The Labute approximate surface area is 138 Å². The second-order valence-electron chi connectivity index (χ2n) is 6.85. The molecule has 6 heteroatoms. The summed E-state index contributed by atoms with van der Waals surface area (Å²) in [6.45, 7) is 4.12. The number of rotatable bonds is 3. The first-order chi connectivity index (χ1) is 11.0. The second-order valence-corrected chi connectivity index (χ2v) is 7.79. The Morgan fingerprint density at radius 3 is 2.35 bits per heavy atom. The monoisotopic (exact) mass is 330 g/mol. The molecular formula is C17H18N2O3S. The lowest BCUT2D eigenvalue weighted by atomic mass is 9.85. The van der Waals surface area contributed by atoms with Gasteiger partial charge in [0.2, 0.25) is 0 Å². The van der Waals surface area contributed by atoms with E-state index in [0.29, 0.717) is 11.5 Å². The van der Waals surface area contributed by atoms with Gasteiger partial charge in [-0.3, -0.25) is 19.8 Å². The van der Waals surface area contributed by atoms with Gasteiger partial charge in [-0.2, -0.15) is 5.01 Å². The Kier molecular flexibility index (Phi) is 3.20. The van der Waals surface area contributed by atoms with Gasteiger partial charge in [0, 0.05) is 10.3 Å². The molecule has 2 heterocycles. The molecule has 1 N–H and O–H groups in total. The molecule has 120 valence electrons. The average molecular weight is 330 g/mol. The third-order valence-corrected chi connectivity index (χ3v) is 6.37. The van der Waals surface area contributed by atoms with E-state index in [1.807, 2.05) is 18.2 Å². The van der Waals surface area contributed by atoms with Crippen molar-refractivity contribution in [3.05, 3.63) is 34.0 Å². The van der Waals surface area contributed by atoms with Gasteiger partial charge < -0.3 is 0 Å². The number of fused-ring (bicyclic) bond motifs is 5. The minimum absolute atomic E-state index is 0.150. The number of carbonyl (C=O) groups excluding carboxylic acids is 3. The first kappa shape index (κ1) is 14.6. The van der Waals surface area contributed by atoms with Crippen LogP contribution in [-0.2, 0) is 9.59 Å². The van der Waals surface area contributed by atoms with Gasteiger partial charge in [0.1, 0.15) is 0 Å². The molecule has 2 bridgehead atoms. The number of hydrazine groups is 1. The number of thiophene rings is 1. The van der Waals surface area contributed by atoms with Crippen molar-refractivity contribution in [1.82, 2.24) is 10.4 Å². The number of hydrogen-bond acceptors (Lipinski definition) is 4. The van der Waals surface area contributed by atoms with Crippen LogP contribution in [-0.4, -0.2) is 22.7 Å². The van der Waals surface area contributed by atoms with Crippen LogP contribution in [0.4, 0.5) is 0 Å². The Morgan fingerprint density at radius 2 is 1.83 bits per heavy atom. The lowest BCUT2D eigenvalue weighted by molar-refractivity contribution is -0.143. The molecule has 5 nitrogen and oxygen atoms in total. The van der Waals surface area contributed by atoms with Crippen molar-refractivity contribution >= 4 is 29.1 Å². The van der Waals surface area contributed by atoms with Crippen LogP contribution in [0.3, 0.4) is 0 Å². The summed E-state index contributed by atoms with van der Waals surface area (Å²) in [5.74, 6) is -0.839.